The fourth-order valence-electron chi connectivity index (χ4n) is 1.25. The van der Waals surface area contributed by atoms with E-state index in [4.69, 9.17) is 4.52 Å². The van der Waals surface area contributed by atoms with E-state index in [1.54, 1.807) is 0 Å². The van der Waals surface area contributed by atoms with Crippen LogP contribution in [0.5, 0.6) is 0 Å². The molecular weight excluding hydrogens is 244 g/mol. The Bertz CT molecular complexity index is 439. The molecule has 0 spiro atoms. The van der Waals surface area contributed by atoms with Gasteiger partial charge in [-0.1, -0.05) is 39.3 Å². The molecule has 1 heterocycles. The van der Waals surface area contributed by atoms with E-state index in [0.717, 1.165) is 16.5 Å². The molecule has 0 unspecified atom stereocenters. The van der Waals surface area contributed by atoms with Crippen molar-refractivity contribution in [2.75, 3.05) is 0 Å². The summed E-state index contributed by atoms with van der Waals surface area (Å²) >= 11 is 3.42. The van der Waals surface area contributed by atoms with Gasteiger partial charge in [0.25, 0.3) is 5.89 Å². The van der Waals surface area contributed by atoms with Crippen molar-refractivity contribution in [2.45, 2.75) is 12.3 Å². The van der Waals surface area contributed by atoms with Crippen molar-refractivity contribution < 1.29 is 4.52 Å². The molecule has 1 aromatic carbocycles. The lowest BCUT2D eigenvalue weighted by Crippen LogP contribution is -1.85. The molecule has 0 saturated carbocycles. The highest BCUT2D eigenvalue weighted by molar-refractivity contribution is 9.08. The zero-order chi connectivity index (χ0) is 9.97. The Kier molecular flexibility index (Phi) is 2.63. The Morgan fingerprint density at radius 2 is 2.14 bits per heavy atom. The number of hydrogen-bond donors (Lipinski definition) is 0. The Morgan fingerprint density at radius 1 is 1.36 bits per heavy atom. The SMILES string of the molecule is Cc1noc(-c2ccccc2CBr)n1. The number of alkyl halides is 1. The van der Waals surface area contributed by atoms with Crippen molar-refractivity contribution in [3.8, 4) is 11.5 Å². The van der Waals surface area contributed by atoms with Crippen molar-refractivity contribution in [1.29, 1.82) is 0 Å². The number of hydrogen-bond acceptors (Lipinski definition) is 3. The summed E-state index contributed by atoms with van der Waals surface area (Å²) < 4.78 is 5.11. The van der Waals surface area contributed by atoms with E-state index in [1.807, 2.05) is 31.2 Å². The van der Waals surface area contributed by atoms with Gasteiger partial charge in [0.05, 0.1) is 0 Å². The molecule has 2 aromatic rings. The van der Waals surface area contributed by atoms with Gasteiger partial charge >= 0.3 is 0 Å². The minimum Gasteiger partial charge on any atom is -0.334 e. The maximum atomic E-state index is 5.11. The van der Waals surface area contributed by atoms with Crippen LogP contribution in [-0.2, 0) is 5.33 Å². The normalized spacial score (nSPS) is 10.4. The Balaban J connectivity index is 2.50. The molecule has 72 valence electrons. The first-order valence-corrected chi connectivity index (χ1v) is 5.38. The van der Waals surface area contributed by atoms with Gasteiger partial charge in [0.2, 0.25) is 0 Å². The number of benzene rings is 1. The van der Waals surface area contributed by atoms with Crippen LogP contribution in [0.2, 0.25) is 0 Å². The van der Waals surface area contributed by atoms with Gasteiger partial charge in [-0.05, 0) is 18.6 Å². The molecule has 0 fully saturated rings. The summed E-state index contributed by atoms with van der Waals surface area (Å²) in [6.45, 7) is 1.81. The zero-order valence-corrected chi connectivity index (χ0v) is 9.28. The summed E-state index contributed by atoms with van der Waals surface area (Å²) in [5.74, 6) is 1.24. The average Bonchev–Trinajstić information content (AvgIpc) is 2.65. The van der Waals surface area contributed by atoms with Gasteiger partial charge in [-0.3, -0.25) is 0 Å². The van der Waals surface area contributed by atoms with Crippen molar-refractivity contribution in [3.63, 3.8) is 0 Å². The highest BCUT2D eigenvalue weighted by atomic mass is 79.9. The second-order valence-corrected chi connectivity index (χ2v) is 3.50. The number of aromatic nitrogens is 2. The van der Waals surface area contributed by atoms with Crippen molar-refractivity contribution in [3.05, 3.63) is 35.7 Å². The van der Waals surface area contributed by atoms with Crippen LogP contribution in [-0.4, -0.2) is 10.1 Å². The highest BCUT2D eigenvalue weighted by Crippen LogP contribution is 2.23. The van der Waals surface area contributed by atoms with Crippen molar-refractivity contribution in [2.24, 2.45) is 0 Å². The Labute approximate surface area is 90.3 Å². The molecule has 1 aromatic heterocycles. The minimum absolute atomic E-state index is 0.581. The van der Waals surface area contributed by atoms with Crippen LogP contribution < -0.4 is 0 Å². The van der Waals surface area contributed by atoms with E-state index in [2.05, 4.69) is 26.1 Å². The smallest absolute Gasteiger partial charge is 0.258 e. The molecule has 3 nitrogen and oxygen atoms in total. The van der Waals surface area contributed by atoms with Crippen LogP contribution in [0.25, 0.3) is 11.5 Å². The first-order chi connectivity index (χ1) is 6.81. The van der Waals surface area contributed by atoms with Crippen molar-refractivity contribution in [1.82, 2.24) is 10.1 Å². The number of nitrogens with zero attached hydrogens (tertiary/aromatic N) is 2. The predicted molar refractivity (Wildman–Crippen MR) is 57.1 cm³/mol. The maximum Gasteiger partial charge on any atom is 0.258 e. The fraction of sp³-hybridized carbons (Fsp3) is 0.200. The summed E-state index contributed by atoms with van der Waals surface area (Å²) in [6.07, 6.45) is 0. The first-order valence-electron chi connectivity index (χ1n) is 4.26. The molecule has 0 aliphatic heterocycles. The third kappa shape index (κ3) is 1.70. The van der Waals surface area contributed by atoms with E-state index >= 15 is 0 Å². The zero-order valence-electron chi connectivity index (χ0n) is 7.70. The summed E-state index contributed by atoms with van der Waals surface area (Å²) in [4.78, 5) is 4.19. The number of rotatable bonds is 2. The standard InChI is InChI=1S/C10H9BrN2O/c1-7-12-10(14-13-7)9-5-3-2-4-8(9)6-11/h2-5H,6H2,1H3. The van der Waals surface area contributed by atoms with Crippen LogP contribution in [0.1, 0.15) is 11.4 Å². The lowest BCUT2D eigenvalue weighted by atomic mass is 10.1. The van der Waals surface area contributed by atoms with E-state index in [0.29, 0.717) is 11.7 Å². The fourth-order valence-corrected chi connectivity index (χ4v) is 1.74. The number of halogens is 1. The van der Waals surface area contributed by atoms with Gasteiger partial charge in [0.1, 0.15) is 0 Å². The van der Waals surface area contributed by atoms with E-state index in [-0.39, 0.29) is 0 Å². The van der Waals surface area contributed by atoms with Gasteiger partial charge in [-0.25, -0.2) is 0 Å². The van der Waals surface area contributed by atoms with Crippen molar-refractivity contribution >= 4 is 15.9 Å². The lowest BCUT2D eigenvalue weighted by molar-refractivity contribution is 0.425. The molecule has 0 atom stereocenters. The molecule has 0 aliphatic carbocycles. The molecule has 14 heavy (non-hydrogen) atoms. The molecule has 4 heteroatoms. The van der Waals surface area contributed by atoms with E-state index in [1.165, 1.54) is 0 Å². The molecule has 0 radical (unpaired) electrons. The topological polar surface area (TPSA) is 38.9 Å². The molecule has 0 saturated heterocycles. The van der Waals surface area contributed by atoms with Crippen LogP contribution in [0.15, 0.2) is 28.8 Å². The molecule has 0 aliphatic rings. The van der Waals surface area contributed by atoms with Crippen LogP contribution in [0.3, 0.4) is 0 Å². The summed E-state index contributed by atoms with van der Waals surface area (Å²) in [5, 5.41) is 4.55. The second-order valence-electron chi connectivity index (χ2n) is 2.94. The third-order valence-corrected chi connectivity index (χ3v) is 2.52. The Morgan fingerprint density at radius 3 is 2.79 bits per heavy atom. The quantitative estimate of drug-likeness (QED) is 0.772. The molecule has 0 amide bonds. The summed E-state index contributed by atoms with van der Waals surface area (Å²) in [7, 11) is 0. The summed E-state index contributed by atoms with van der Waals surface area (Å²) in [6, 6.07) is 7.96. The van der Waals surface area contributed by atoms with Gasteiger partial charge in [0, 0.05) is 10.9 Å². The van der Waals surface area contributed by atoms with Gasteiger partial charge in [0.15, 0.2) is 5.82 Å². The largest absolute Gasteiger partial charge is 0.334 e. The minimum atomic E-state index is 0.581. The lowest BCUT2D eigenvalue weighted by Gasteiger charge is -2.00. The number of aryl methyl sites for hydroxylation is 1. The van der Waals surface area contributed by atoms with Gasteiger partial charge in [-0.2, -0.15) is 4.98 Å². The predicted octanol–water partition coefficient (Wildman–Crippen LogP) is 2.94. The van der Waals surface area contributed by atoms with Gasteiger partial charge < -0.3 is 4.52 Å². The van der Waals surface area contributed by atoms with E-state index < -0.39 is 0 Å². The van der Waals surface area contributed by atoms with Crippen LogP contribution >= 0.6 is 15.9 Å². The highest BCUT2D eigenvalue weighted by Gasteiger charge is 2.09. The third-order valence-electron chi connectivity index (χ3n) is 1.92. The molecule has 0 bridgehead atoms. The average molecular weight is 253 g/mol. The molecule has 0 N–H and O–H groups in total. The van der Waals surface area contributed by atoms with E-state index in [9.17, 15) is 0 Å². The van der Waals surface area contributed by atoms with Crippen LogP contribution in [0, 0.1) is 6.92 Å². The van der Waals surface area contributed by atoms with Gasteiger partial charge in [-0.15, -0.1) is 0 Å². The van der Waals surface area contributed by atoms with Crippen LogP contribution in [0.4, 0.5) is 0 Å². The first kappa shape index (κ1) is 9.40. The Hall–Kier alpha value is -1.16. The monoisotopic (exact) mass is 252 g/mol. The molecular formula is C10H9BrN2O. The summed E-state index contributed by atoms with van der Waals surface area (Å²) in [5.41, 5.74) is 2.14. The molecule has 2 rings (SSSR count). The maximum absolute atomic E-state index is 5.11. The second kappa shape index (κ2) is 3.92.